The van der Waals surface area contributed by atoms with Crippen LogP contribution in [0.1, 0.15) is 46.8 Å². The minimum Gasteiger partial charge on any atom is -0.333 e. The van der Waals surface area contributed by atoms with Crippen molar-refractivity contribution in [1.29, 1.82) is 5.26 Å². The van der Waals surface area contributed by atoms with Crippen LogP contribution in [0, 0.1) is 24.1 Å². The summed E-state index contributed by atoms with van der Waals surface area (Å²) in [4.78, 5) is 12.8. The molecule has 1 aliphatic rings. The van der Waals surface area contributed by atoms with Crippen molar-refractivity contribution >= 4 is 15.9 Å². The zero-order valence-electron chi connectivity index (χ0n) is 16.1. The van der Waals surface area contributed by atoms with Crippen molar-refractivity contribution in [3.8, 4) is 6.07 Å². The van der Waals surface area contributed by atoms with E-state index in [0.717, 1.165) is 19.3 Å². The molecular formula is C21H22FN3O3S. The number of hydrogen-bond acceptors (Lipinski definition) is 4. The van der Waals surface area contributed by atoms with Crippen LogP contribution >= 0.6 is 0 Å². The third-order valence-corrected chi connectivity index (χ3v) is 7.03. The molecule has 29 heavy (non-hydrogen) atoms. The van der Waals surface area contributed by atoms with Gasteiger partial charge in [0.25, 0.3) is 5.91 Å². The van der Waals surface area contributed by atoms with Crippen molar-refractivity contribution in [3.05, 3.63) is 65.0 Å². The highest BCUT2D eigenvalue weighted by Crippen LogP contribution is 2.25. The first-order chi connectivity index (χ1) is 13.8. The molecule has 1 saturated heterocycles. The highest BCUT2D eigenvalue weighted by Gasteiger charge is 2.28. The Morgan fingerprint density at radius 2 is 1.79 bits per heavy atom. The Bertz CT molecular complexity index is 1040. The number of aryl methyl sites for hydroxylation is 1. The summed E-state index contributed by atoms with van der Waals surface area (Å²) in [5.74, 6) is -1.01. The van der Waals surface area contributed by atoms with E-state index in [-0.39, 0.29) is 10.5 Å². The van der Waals surface area contributed by atoms with Gasteiger partial charge in [0.15, 0.2) is 0 Å². The molecule has 2 aromatic carbocycles. The minimum atomic E-state index is -3.69. The SMILES string of the molecule is Cc1ccc(C(=O)N[C@H](C#N)c2ccc(F)cc2)cc1S(=O)(=O)N1CCCCC1. The number of nitriles is 1. The van der Waals surface area contributed by atoms with E-state index in [0.29, 0.717) is 24.2 Å². The fourth-order valence-electron chi connectivity index (χ4n) is 3.32. The summed E-state index contributed by atoms with van der Waals surface area (Å²) in [6.07, 6.45) is 2.65. The molecule has 0 saturated carbocycles. The molecule has 8 heteroatoms. The van der Waals surface area contributed by atoms with Gasteiger partial charge in [0.1, 0.15) is 11.9 Å². The Kier molecular flexibility index (Phi) is 6.30. The third-order valence-electron chi connectivity index (χ3n) is 4.99. The largest absolute Gasteiger partial charge is 0.333 e. The molecule has 152 valence electrons. The van der Waals surface area contributed by atoms with E-state index in [1.165, 1.54) is 40.7 Å². The summed E-state index contributed by atoms with van der Waals surface area (Å²) in [6.45, 7) is 2.63. The van der Waals surface area contributed by atoms with Crippen molar-refractivity contribution in [2.75, 3.05) is 13.1 Å². The third kappa shape index (κ3) is 4.63. The second-order valence-electron chi connectivity index (χ2n) is 7.03. The fourth-order valence-corrected chi connectivity index (χ4v) is 5.09. The standard InChI is InChI=1S/C21H22FN3O3S/c1-15-5-6-17(13-20(15)29(27,28)25-11-3-2-4-12-25)21(26)24-19(14-23)16-7-9-18(22)10-8-16/h5-10,13,19H,2-4,11-12H2,1H3,(H,24,26)/t19-/m1/s1. The maximum Gasteiger partial charge on any atom is 0.252 e. The molecule has 0 bridgehead atoms. The molecule has 0 aliphatic carbocycles. The number of amides is 1. The van der Waals surface area contributed by atoms with Gasteiger partial charge >= 0.3 is 0 Å². The lowest BCUT2D eigenvalue weighted by Crippen LogP contribution is -2.36. The van der Waals surface area contributed by atoms with E-state index >= 15 is 0 Å². The number of nitrogens with one attached hydrogen (secondary N) is 1. The van der Waals surface area contributed by atoms with Crippen molar-refractivity contribution in [2.24, 2.45) is 0 Å². The van der Waals surface area contributed by atoms with Gasteiger partial charge in [-0.2, -0.15) is 9.57 Å². The number of nitrogens with zero attached hydrogens (tertiary/aromatic N) is 2. The molecule has 1 aliphatic heterocycles. The second kappa shape index (κ2) is 8.72. The Morgan fingerprint density at radius 3 is 2.41 bits per heavy atom. The van der Waals surface area contributed by atoms with Crippen LogP contribution in [0.25, 0.3) is 0 Å². The number of carbonyl (C=O) groups is 1. The molecule has 1 fully saturated rings. The number of halogens is 1. The van der Waals surface area contributed by atoms with E-state index in [1.807, 2.05) is 6.07 Å². The molecule has 1 atom stereocenters. The normalized spacial score (nSPS) is 16.0. The number of rotatable bonds is 5. The van der Waals surface area contributed by atoms with Gasteiger partial charge in [-0.15, -0.1) is 0 Å². The Balaban J connectivity index is 1.85. The van der Waals surface area contributed by atoms with Crippen molar-refractivity contribution < 1.29 is 17.6 Å². The fraction of sp³-hybridized carbons (Fsp3) is 0.333. The van der Waals surface area contributed by atoms with Gasteiger partial charge in [0.05, 0.1) is 11.0 Å². The van der Waals surface area contributed by atoms with E-state index < -0.39 is 27.8 Å². The molecule has 3 rings (SSSR count). The molecular weight excluding hydrogens is 393 g/mol. The average Bonchev–Trinajstić information content (AvgIpc) is 2.73. The quantitative estimate of drug-likeness (QED) is 0.811. The molecule has 0 radical (unpaired) electrons. The highest BCUT2D eigenvalue weighted by molar-refractivity contribution is 7.89. The topological polar surface area (TPSA) is 90.3 Å². The van der Waals surface area contributed by atoms with Crippen LogP contribution in [0.3, 0.4) is 0 Å². The summed E-state index contributed by atoms with van der Waals surface area (Å²) in [7, 11) is -3.69. The number of sulfonamides is 1. The van der Waals surface area contributed by atoms with Gasteiger partial charge in [0.2, 0.25) is 10.0 Å². The summed E-state index contributed by atoms with van der Waals surface area (Å²) < 4.78 is 40.6. The molecule has 2 aromatic rings. The Hall–Kier alpha value is -2.76. The second-order valence-corrected chi connectivity index (χ2v) is 8.94. The number of piperidine rings is 1. The lowest BCUT2D eigenvalue weighted by atomic mass is 10.1. The first-order valence-corrected chi connectivity index (χ1v) is 10.8. The molecule has 0 spiro atoms. The minimum absolute atomic E-state index is 0.0994. The summed E-state index contributed by atoms with van der Waals surface area (Å²) in [5.41, 5.74) is 1.14. The highest BCUT2D eigenvalue weighted by atomic mass is 32.2. The number of carbonyl (C=O) groups excluding carboxylic acids is 1. The zero-order valence-corrected chi connectivity index (χ0v) is 16.9. The molecule has 0 unspecified atom stereocenters. The Labute approximate surface area is 170 Å². The van der Waals surface area contributed by atoms with Crippen LogP contribution in [0.4, 0.5) is 4.39 Å². The Morgan fingerprint density at radius 1 is 1.14 bits per heavy atom. The monoisotopic (exact) mass is 415 g/mol. The van der Waals surface area contributed by atoms with Gasteiger partial charge in [-0.1, -0.05) is 24.6 Å². The van der Waals surface area contributed by atoms with E-state index in [2.05, 4.69) is 5.32 Å². The van der Waals surface area contributed by atoms with Crippen LogP contribution in [0.2, 0.25) is 0 Å². The van der Waals surface area contributed by atoms with Crippen molar-refractivity contribution in [2.45, 2.75) is 37.1 Å². The average molecular weight is 415 g/mol. The van der Waals surface area contributed by atoms with Crippen molar-refractivity contribution in [3.63, 3.8) is 0 Å². The summed E-state index contributed by atoms with van der Waals surface area (Å²) >= 11 is 0. The van der Waals surface area contributed by atoms with Crippen LogP contribution < -0.4 is 5.32 Å². The number of hydrogen-bond donors (Lipinski definition) is 1. The summed E-state index contributed by atoms with van der Waals surface area (Å²) in [5, 5.41) is 11.9. The maximum absolute atomic E-state index is 13.1. The summed E-state index contributed by atoms with van der Waals surface area (Å²) in [6, 6.07) is 10.7. The van der Waals surface area contributed by atoms with Crippen LogP contribution in [0.15, 0.2) is 47.4 Å². The first kappa shape index (κ1) is 21.0. The smallest absolute Gasteiger partial charge is 0.252 e. The van der Waals surface area contributed by atoms with Crippen LogP contribution in [0.5, 0.6) is 0 Å². The lowest BCUT2D eigenvalue weighted by Gasteiger charge is -2.26. The number of benzene rings is 2. The van der Waals surface area contributed by atoms with Crippen LogP contribution in [-0.4, -0.2) is 31.7 Å². The van der Waals surface area contributed by atoms with Crippen molar-refractivity contribution in [1.82, 2.24) is 9.62 Å². The molecule has 6 nitrogen and oxygen atoms in total. The van der Waals surface area contributed by atoms with Crippen LogP contribution in [-0.2, 0) is 10.0 Å². The first-order valence-electron chi connectivity index (χ1n) is 9.39. The van der Waals surface area contributed by atoms with E-state index in [1.54, 1.807) is 13.0 Å². The van der Waals surface area contributed by atoms with Gasteiger partial charge in [-0.3, -0.25) is 4.79 Å². The molecule has 1 amide bonds. The predicted octanol–water partition coefficient (Wildman–Crippen LogP) is 3.30. The van der Waals surface area contributed by atoms with E-state index in [9.17, 15) is 22.9 Å². The molecule has 0 aromatic heterocycles. The predicted molar refractivity (Wildman–Crippen MR) is 106 cm³/mol. The molecule has 1 N–H and O–H groups in total. The van der Waals surface area contributed by atoms with Gasteiger partial charge < -0.3 is 5.32 Å². The zero-order chi connectivity index (χ0) is 21.0. The van der Waals surface area contributed by atoms with Gasteiger partial charge in [-0.05, 0) is 55.2 Å². The van der Waals surface area contributed by atoms with E-state index in [4.69, 9.17) is 0 Å². The lowest BCUT2D eigenvalue weighted by molar-refractivity contribution is 0.0945. The van der Waals surface area contributed by atoms with Gasteiger partial charge in [-0.25, -0.2) is 12.8 Å². The van der Waals surface area contributed by atoms with Gasteiger partial charge in [0, 0.05) is 18.7 Å². The maximum atomic E-state index is 13.1. The molecule has 1 heterocycles.